The maximum atomic E-state index is 12.2. The fourth-order valence-corrected chi connectivity index (χ4v) is 4.12. The summed E-state index contributed by atoms with van der Waals surface area (Å²) in [7, 11) is -3.23. The van der Waals surface area contributed by atoms with Gasteiger partial charge >= 0.3 is 0 Å². The van der Waals surface area contributed by atoms with Crippen LogP contribution >= 0.6 is 0 Å². The molecule has 0 aromatic carbocycles. The molecule has 0 bridgehead atoms. The Morgan fingerprint density at radius 1 is 1.38 bits per heavy atom. The van der Waals surface area contributed by atoms with Crippen LogP contribution in [0.3, 0.4) is 0 Å². The number of nitrogens with zero attached hydrogens (tertiary/aromatic N) is 2. The van der Waals surface area contributed by atoms with Gasteiger partial charge in [-0.2, -0.15) is 9.40 Å². The van der Waals surface area contributed by atoms with Gasteiger partial charge in [-0.3, -0.25) is 9.59 Å². The van der Waals surface area contributed by atoms with Crippen LogP contribution in [0.5, 0.6) is 0 Å². The molecule has 0 radical (unpaired) electrons. The standard InChI is InChI=1S/C15H22N4O4S/c1-24(22,23)19-8-12(10-2-3-10)13(9-19)16-14(20)6-4-11-5-7-15(21)18-17-11/h5,7,10,12-13H,2-4,6,8-9H2,1H3,(H,16,20)(H,18,21)/t12-,13+/m0/s1. The minimum Gasteiger partial charge on any atom is -0.352 e. The van der Waals surface area contributed by atoms with Crippen LogP contribution in [0.1, 0.15) is 25.0 Å². The smallest absolute Gasteiger partial charge is 0.264 e. The van der Waals surface area contributed by atoms with Gasteiger partial charge < -0.3 is 5.32 Å². The Bertz CT molecular complexity index is 751. The molecule has 3 rings (SSSR count). The topological polar surface area (TPSA) is 112 Å². The number of carbonyl (C=O) groups excluding carboxylic acids is 1. The number of hydrogen-bond acceptors (Lipinski definition) is 5. The Hall–Kier alpha value is -1.74. The van der Waals surface area contributed by atoms with Gasteiger partial charge in [-0.25, -0.2) is 13.5 Å². The zero-order valence-corrected chi connectivity index (χ0v) is 14.4. The normalized spacial score (nSPS) is 24.9. The number of H-pyrrole nitrogens is 1. The van der Waals surface area contributed by atoms with Crippen molar-refractivity contribution in [2.24, 2.45) is 11.8 Å². The third kappa shape index (κ3) is 4.21. The molecule has 1 amide bonds. The Morgan fingerprint density at radius 3 is 2.71 bits per heavy atom. The number of rotatable bonds is 6. The average molecular weight is 354 g/mol. The van der Waals surface area contributed by atoms with Crippen molar-refractivity contribution in [3.8, 4) is 0 Å². The Labute approximate surface area is 140 Å². The quantitative estimate of drug-likeness (QED) is 0.714. The first-order valence-electron chi connectivity index (χ1n) is 8.12. The lowest BCUT2D eigenvalue weighted by Gasteiger charge is -2.19. The first-order chi connectivity index (χ1) is 11.3. The molecule has 24 heavy (non-hydrogen) atoms. The lowest BCUT2D eigenvalue weighted by Crippen LogP contribution is -2.41. The van der Waals surface area contributed by atoms with E-state index in [0.29, 0.717) is 31.1 Å². The van der Waals surface area contributed by atoms with E-state index in [1.165, 1.54) is 16.6 Å². The highest BCUT2D eigenvalue weighted by Gasteiger charge is 2.45. The lowest BCUT2D eigenvalue weighted by molar-refractivity contribution is -0.122. The minimum absolute atomic E-state index is 0.117. The van der Waals surface area contributed by atoms with Crippen molar-refractivity contribution in [1.29, 1.82) is 0 Å². The molecular weight excluding hydrogens is 332 g/mol. The van der Waals surface area contributed by atoms with Crippen molar-refractivity contribution < 1.29 is 13.2 Å². The van der Waals surface area contributed by atoms with Crippen LogP contribution in [0, 0.1) is 11.8 Å². The van der Waals surface area contributed by atoms with E-state index in [0.717, 1.165) is 12.8 Å². The highest BCUT2D eigenvalue weighted by atomic mass is 32.2. The van der Waals surface area contributed by atoms with Gasteiger partial charge in [0.15, 0.2) is 0 Å². The summed E-state index contributed by atoms with van der Waals surface area (Å²) in [5.74, 6) is 0.604. The molecule has 8 nitrogen and oxygen atoms in total. The van der Waals surface area contributed by atoms with E-state index in [1.807, 2.05) is 0 Å². The van der Waals surface area contributed by atoms with Crippen LogP contribution < -0.4 is 10.9 Å². The van der Waals surface area contributed by atoms with Gasteiger partial charge in [0.05, 0.1) is 11.9 Å². The second kappa shape index (κ2) is 6.64. The molecule has 1 saturated heterocycles. The van der Waals surface area contributed by atoms with Crippen LogP contribution in [-0.2, 0) is 21.2 Å². The molecule has 1 aliphatic heterocycles. The van der Waals surface area contributed by atoms with Crippen molar-refractivity contribution >= 4 is 15.9 Å². The molecule has 0 spiro atoms. The number of hydrogen-bond donors (Lipinski definition) is 2. The van der Waals surface area contributed by atoms with E-state index in [4.69, 9.17) is 0 Å². The van der Waals surface area contributed by atoms with E-state index >= 15 is 0 Å². The fourth-order valence-electron chi connectivity index (χ4n) is 3.25. The predicted octanol–water partition coefficient (Wildman–Crippen LogP) is -0.511. The van der Waals surface area contributed by atoms with Crippen molar-refractivity contribution in [3.63, 3.8) is 0 Å². The summed E-state index contributed by atoms with van der Waals surface area (Å²) in [5, 5.41) is 9.20. The second-order valence-electron chi connectivity index (χ2n) is 6.67. The minimum atomic E-state index is -3.23. The van der Waals surface area contributed by atoms with E-state index in [1.54, 1.807) is 6.07 Å². The summed E-state index contributed by atoms with van der Waals surface area (Å²) in [6.45, 7) is 0.846. The molecule has 1 aromatic heterocycles. The van der Waals surface area contributed by atoms with Crippen LogP contribution in [0.25, 0.3) is 0 Å². The monoisotopic (exact) mass is 354 g/mol. The maximum Gasteiger partial charge on any atom is 0.264 e. The van der Waals surface area contributed by atoms with Gasteiger partial charge in [-0.15, -0.1) is 0 Å². The molecule has 2 aliphatic rings. The highest BCUT2D eigenvalue weighted by Crippen LogP contribution is 2.41. The third-order valence-corrected chi connectivity index (χ3v) is 5.96. The van der Waals surface area contributed by atoms with Crippen molar-refractivity contribution in [2.45, 2.75) is 31.7 Å². The maximum absolute atomic E-state index is 12.2. The fraction of sp³-hybridized carbons (Fsp3) is 0.667. The van der Waals surface area contributed by atoms with Crippen LogP contribution in [0.15, 0.2) is 16.9 Å². The van der Waals surface area contributed by atoms with E-state index in [9.17, 15) is 18.0 Å². The molecule has 132 valence electrons. The third-order valence-electron chi connectivity index (χ3n) is 4.72. The Kier molecular flexibility index (Phi) is 4.73. The molecule has 1 saturated carbocycles. The van der Waals surface area contributed by atoms with Crippen LogP contribution in [0.4, 0.5) is 0 Å². The van der Waals surface area contributed by atoms with Gasteiger partial charge in [0.25, 0.3) is 5.56 Å². The highest BCUT2D eigenvalue weighted by molar-refractivity contribution is 7.88. The average Bonchev–Trinajstić information content (AvgIpc) is 3.26. The van der Waals surface area contributed by atoms with Gasteiger partial charge in [0, 0.05) is 38.0 Å². The van der Waals surface area contributed by atoms with Crippen molar-refractivity contribution in [1.82, 2.24) is 19.8 Å². The SMILES string of the molecule is CS(=O)(=O)N1C[C@@H](NC(=O)CCc2ccc(=O)[nH]n2)[C@H](C2CC2)C1. The lowest BCUT2D eigenvalue weighted by atomic mass is 9.98. The predicted molar refractivity (Wildman–Crippen MR) is 87.7 cm³/mol. The van der Waals surface area contributed by atoms with E-state index in [-0.39, 0.29) is 29.8 Å². The molecule has 2 N–H and O–H groups in total. The summed E-state index contributed by atoms with van der Waals surface area (Å²) < 4.78 is 25.0. The number of carbonyl (C=O) groups is 1. The number of aromatic amines is 1. The first-order valence-corrected chi connectivity index (χ1v) is 9.97. The summed E-state index contributed by atoms with van der Waals surface area (Å²) in [4.78, 5) is 23.2. The zero-order chi connectivity index (χ0) is 17.3. The summed E-state index contributed by atoms with van der Waals surface area (Å²) in [6.07, 6.45) is 4.11. The molecule has 9 heteroatoms. The van der Waals surface area contributed by atoms with E-state index in [2.05, 4.69) is 15.5 Å². The number of nitrogens with one attached hydrogen (secondary N) is 2. The van der Waals surface area contributed by atoms with Crippen LogP contribution in [0.2, 0.25) is 0 Å². The molecule has 2 atom stereocenters. The largest absolute Gasteiger partial charge is 0.352 e. The Morgan fingerprint density at radius 2 is 2.12 bits per heavy atom. The number of aryl methyl sites for hydroxylation is 1. The summed E-state index contributed by atoms with van der Waals surface area (Å²) in [5.41, 5.74) is 0.370. The zero-order valence-electron chi connectivity index (χ0n) is 13.6. The van der Waals surface area contributed by atoms with Crippen molar-refractivity contribution in [3.05, 3.63) is 28.2 Å². The molecule has 1 aromatic rings. The summed E-state index contributed by atoms with van der Waals surface area (Å²) in [6, 6.07) is 2.85. The van der Waals surface area contributed by atoms with Gasteiger partial charge in [-0.1, -0.05) is 0 Å². The molecule has 2 heterocycles. The number of amides is 1. The molecule has 2 fully saturated rings. The molecule has 1 aliphatic carbocycles. The van der Waals surface area contributed by atoms with Crippen molar-refractivity contribution in [2.75, 3.05) is 19.3 Å². The summed E-state index contributed by atoms with van der Waals surface area (Å²) >= 11 is 0. The van der Waals surface area contributed by atoms with Gasteiger partial charge in [-0.05, 0) is 30.7 Å². The first kappa shape index (κ1) is 17.1. The molecule has 0 unspecified atom stereocenters. The van der Waals surface area contributed by atoms with Gasteiger partial charge in [0.1, 0.15) is 0 Å². The Balaban J connectivity index is 1.56. The molecular formula is C15H22N4O4S. The number of aromatic nitrogens is 2. The number of sulfonamides is 1. The second-order valence-corrected chi connectivity index (χ2v) is 8.65. The van der Waals surface area contributed by atoms with Crippen LogP contribution in [-0.4, -0.2) is 54.2 Å². The van der Waals surface area contributed by atoms with Gasteiger partial charge in [0.2, 0.25) is 15.9 Å². The van der Waals surface area contributed by atoms with E-state index < -0.39 is 10.0 Å².